The number of hydrogen-bond donors (Lipinski definition) is 2. The van der Waals surface area contributed by atoms with Crippen molar-refractivity contribution in [3.05, 3.63) is 45.9 Å². The fourth-order valence-corrected chi connectivity index (χ4v) is 3.67. The summed E-state index contributed by atoms with van der Waals surface area (Å²) in [5, 5.41) is 13.9. The number of aliphatic hydroxyl groups is 1. The average molecular weight is 482 g/mol. The van der Waals surface area contributed by atoms with Crippen LogP contribution in [0.1, 0.15) is 30.6 Å². The van der Waals surface area contributed by atoms with Crippen molar-refractivity contribution in [2.75, 3.05) is 40.3 Å². The molecule has 30 heavy (non-hydrogen) atoms. The molecule has 2 N–H and O–H groups in total. The highest BCUT2D eigenvalue weighted by Gasteiger charge is 2.19. The van der Waals surface area contributed by atoms with E-state index in [1.165, 1.54) is 0 Å². The lowest BCUT2D eigenvalue weighted by Gasteiger charge is -2.17. The van der Waals surface area contributed by atoms with Crippen molar-refractivity contribution in [2.45, 2.75) is 26.0 Å². The number of halogens is 1. The first kappa shape index (κ1) is 22.7. The maximum atomic E-state index is 10.5. The van der Waals surface area contributed by atoms with Crippen LogP contribution in [0.2, 0.25) is 0 Å². The van der Waals surface area contributed by atoms with Crippen LogP contribution < -0.4 is 24.3 Å². The second-order valence-electron chi connectivity index (χ2n) is 6.78. The third kappa shape index (κ3) is 6.01. The van der Waals surface area contributed by atoms with Crippen LogP contribution in [-0.2, 0) is 11.3 Å². The second-order valence-corrected chi connectivity index (χ2v) is 7.63. The topological polar surface area (TPSA) is 78.4 Å². The summed E-state index contributed by atoms with van der Waals surface area (Å²) in [7, 11) is 1.60. The largest absolute Gasteiger partial charge is 0.493 e. The minimum absolute atomic E-state index is 0.0730. The summed E-state index contributed by atoms with van der Waals surface area (Å²) < 4.78 is 28.2. The molecular weight excluding hydrogens is 454 g/mol. The first-order valence-electron chi connectivity index (χ1n) is 9.97. The molecule has 1 atom stereocenters. The van der Waals surface area contributed by atoms with Crippen LogP contribution in [0.25, 0.3) is 0 Å². The molecular formula is C22H28BrNO6. The highest BCUT2D eigenvalue weighted by molar-refractivity contribution is 9.10. The van der Waals surface area contributed by atoms with Gasteiger partial charge in [0.25, 0.3) is 0 Å². The van der Waals surface area contributed by atoms with Gasteiger partial charge in [0.1, 0.15) is 12.7 Å². The molecule has 0 radical (unpaired) electrons. The van der Waals surface area contributed by atoms with Crippen molar-refractivity contribution in [3.8, 4) is 23.0 Å². The standard InChI is InChI=1S/C22H28BrNO6/c1-3-27-8-4-7-24-12-15-9-17(23)22(21(10-15)26-2)28-13-18(25)16-5-6-19-20(11-16)30-14-29-19/h5-6,9-11,18,24-25H,3-4,7-8,12-14H2,1-2H3. The van der Waals surface area contributed by atoms with Crippen molar-refractivity contribution in [3.63, 3.8) is 0 Å². The molecule has 7 nitrogen and oxygen atoms in total. The molecule has 164 valence electrons. The van der Waals surface area contributed by atoms with Crippen LogP contribution >= 0.6 is 15.9 Å². The van der Waals surface area contributed by atoms with Crippen molar-refractivity contribution in [2.24, 2.45) is 0 Å². The van der Waals surface area contributed by atoms with Gasteiger partial charge in [0.05, 0.1) is 11.6 Å². The van der Waals surface area contributed by atoms with Gasteiger partial charge in [-0.3, -0.25) is 0 Å². The Hall–Kier alpha value is -2.00. The molecule has 1 aliphatic rings. The molecule has 1 unspecified atom stereocenters. The molecule has 8 heteroatoms. The van der Waals surface area contributed by atoms with E-state index in [0.29, 0.717) is 35.1 Å². The minimum Gasteiger partial charge on any atom is -0.493 e. The molecule has 0 amide bonds. The summed E-state index contributed by atoms with van der Waals surface area (Å²) >= 11 is 3.56. The van der Waals surface area contributed by atoms with E-state index in [4.69, 9.17) is 23.7 Å². The van der Waals surface area contributed by atoms with Crippen LogP contribution in [-0.4, -0.2) is 45.4 Å². The van der Waals surface area contributed by atoms with Gasteiger partial charge >= 0.3 is 0 Å². The lowest BCUT2D eigenvalue weighted by molar-refractivity contribution is 0.105. The Labute approximate surface area is 185 Å². The zero-order chi connectivity index (χ0) is 21.3. The number of hydrogen-bond acceptors (Lipinski definition) is 7. The molecule has 2 aromatic carbocycles. The number of ether oxygens (including phenoxy) is 5. The van der Waals surface area contributed by atoms with Gasteiger partial charge in [0.15, 0.2) is 23.0 Å². The normalized spacial score (nSPS) is 13.3. The van der Waals surface area contributed by atoms with Gasteiger partial charge in [-0.25, -0.2) is 0 Å². The summed E-state index contributed by atoms with van der Waals surface area (Å²) in [5.74, 6) is 2.47. The predicted octanol–water partition coefficient (Wildman–Crippen LogP) is 3.82. The summed E-state index contributed by atoms with van der Waals surface area (Å²) in [6, 6.07) is 9.27. The molecule has 0 saturated carbocycles. The molecule has 0 saturated heterocycles. The fourth-order valence-electron chi connectivity index (χ4n) is 3.07. The highest BCUT2D eigenvalue weighted by Crippen LogP contribution is 2.38. The van der Waals surface area contributed by atoms with Crippen LogP contribution in [0, 0.1) is 0 Å². The second kappa shape index (κ2) is 11.4. The van der Waals surface area contributed by atoms with E-state index >= 15 is 0 Å². The molecule has 1 heterocycles. The van der Waals surface area contributed by atoms with E-state index in [9.17, 15) is 5.11 Å². The van der Waals surface area contributed by atoms with Crippen LogP contribution in [0.15, 0.2) is 34.8 Å². The fraction of sp³-hybridized carbons (Fsp3) is 0.455. The van der Waals surface area contributed by atoms with E-state index < -0.39 is 6.10 Å². The van der Waals surface area contributed by atoms with Crippen LogP contribution in [0.3, 0.4) is 0 Å². The van der Waals surface area contributed by atoms with E-state index in [0.717, 1.165) is 36.2 Å². The number of nitrogens with one attached hydrogen (secondary N) is 1. The van der Waals surface area contributed by atoms with Crippen LogP contribution in [0.4, 0.5) is 0 Å². The summed E-state index contributed by atoms with van der Waals surface area (Å²) in [6.07, 6.45) is 0.147. The van der Waals surface area contributed by atoms with Crippen molar-refractivity contribution < 1.29 is 28.8 Å². The van der Waals surface area contributed by atoms with Gasteiger partial charge in [-0.15, -0.1) is 0 Å². The molecule has 1 aliphatic heterocycles. The van der Waals surface area contributed by atoms with Crippen molar-refractivity contribution >= 4 is 15.9 Å². The predicted molar refractivity (Wildman–Crippen MR) is 117 cm³/mol. The summed E-state index contributed by atoms with van der Waals surface area (Å²) in [4.78, 5) is 0. The Bertz CT molecular complexity index is 832. The zero-order valence-electron chi connectivity index (χ0n) is 17.3. The molecule has 0 bridgehead atoms. The monoisotopic (exact) mass is 481 g/mol. The Morgan fingerprint density at radius 1 is 1.20 bits per heavy atom. The maximum Gasteiger partial charge on any atom is 0.231 e. The molecule has 3 rings (SSSR count). The smallest absolute Gasteiger partial charge is 0.231 e. The van der Waals surface area contributed by atoms with Gasteiger partial charge in [-0.1, -0.05) is 6.07 Å². The van der Waals surface area contributed by atoms with Gasteiger partial charge in [-0.2, -0.15) is 0 Å². The van der Waals surface area contributed by atoms with E-state index in [2.05, 4.69) is 21.2 Å². The number of methoxy groups -OCH3 is 1. The number of rotatable bonds is 12. The van der Waals surface area contributed by atoms with Gasteiger partial charge in [0.2, 0.25) is 6.79 Å². The van der Waals surface area contributed by atoms with Gasteiger partial charge in [-0.05, 0) is 71.2 Å². The van der Waals surface area contributed by atoms with Crippen LogP contribution in [0.5, 0.6) is 23.0 Å². The van der Waals surface area contributed by atoms with Crippen molar-refractivity contribution in [1.29, 1.82) is 0 Å². The summed E-state index contributed by atoms with van der Waals surface area (Å²) in [5.41, 5.74) is 1.76. The first-order chi connectivity index (χ1) is 14.6. The van der Waals surface area contributed by atoms with Gasteiger partial charge < -0.3 is 34.1 Å². The lowest BCUT2D eigenvalue weighted by atomic mass is 10.1. The molecule has 0 aliphatic carbocycles. The number of aliphatic hydroxyl groups excluding tert-OH is 1. The molecule has 0 aromatic heterocycles. The highest BCUT2D eigenvalue weighted by atomic mass is 79.9. The third-order valence-electron chi connectivity index (χ3n) is 4.63. The maximum absolute atomic E-state index is 10.5. The average Bonchev–Trinajstić information content (AvgIpc) is 3.22. The Morgan fingerprint density at radius 3 is 2.83 bits per heavy atom. The Morgan fingerprint density at radius 2 is 2.03 bits per heavy atom. The zero-order valence-corrected chi connectivity index (χ0v) is 18.9. The minimum atomic E-state index is -0.817. The first-order valence-corrected chi connectivity index (χ1v) is 10.8. The Kier molecular flexibility index (Phi) is 8.62. The Balaban J connectivity index is 1.57. The number of fused-ring (bicyclic) bond motifs is 1. The molecule has 2 aromatic rings. The lowest BCUT2D eigenvalue weighted by Crippen LogP contribution is -2.16. The van der Waals surface area contributed by atoms with E-state index in [1.807, 2.05) is 19.1 Å². The van der Waals surface area contributed by atoms with E-state index in [-0.39, 0.29) is 13.4 Å². The third-order valence-corrected chi connectivity index (χ3v) is 5.22. The number of benzene rings is 2. The molecule has 0 fully saturated rings. The van der Waals surface area contributed by atoms with E-state index in [1.54, 1.807) is 25.3 Å². The SMILES string of the molecule is CCOCCCNCc1cc(Br)c(OCC(O)c2ccc3c(c2)OCO3)c(OC)c1. The van der Waals surface area contributed by atoms with Crippen molar-refractivity contribution in [1.82, 2.24) is 5.32 Å². The summed E-state index contributed by atoms with van der Waals surface area (Å²) in [6.45, 7) is 5.35. The molecule has 0 spiro atoms. The quantitative estimate of drug-likeness (QED) is 0.446. The van der Waals surface area contributed by atoms with Gasteiger partial charge in [0, 0.05) is 19.8 Å².